The molecule has 3 fully saturated rings. The van der Waals surface area contributed by atoms with Crippen molar-refractivity contribution in [3.63, 3.8) is 0 Å². The van der Waals surface area contributed by atoms with Crippen LogP contribution in [0.25, 0.3) is 0 Å². The fourth-order valence-electron chi connectivity index (χ4n) is 4.38. The molecule has 146 valence electrons. The fraction of sp³-hybridized carbons (Fsp3) is 0.529. The van der Waals surface area contributed by atoms with Crippen molar-refractivity contribution >= 4 is 21.9 Å². The monoisotopic (exact) mass is 396 g/mol. The lowest BCUT2D eigenvalue weighted by Crippen LogP contribution is -2.48. The highest BCUT2D eigenvalue weighted by atomic mass is 32.2. The molecule has 1 amide bonds. The summed E-state index contributed by atoms with van der Waals surface area (Å²) in [6.07, 6.45) is 0.200. The Morgan fingerprint density at radius 3 is 2.89 bits per heavy atom. The first-order chi connectivity index (χ1) is 12.8. The van der Waals surface area contributed by atoms with E-state index in [4.69, 9.17) is 14.6 Å². The van der Waals surface area contributed by atoms with Gasteiger partial charge in [0.25, 0.3) is 0 Å². The van der Waals surface area contributed by atoms with Crippen LogP contribution in [0, 0.1) is 0 Å². The van der Waals surface area contributed by atoms with E-state index in [0.29, 0.717) is 25.1 Å². The standard InChI is InChI=1S/C17H20N2O7S/c1-25-12-3-2-11(9-16(21)22)8-13(12)27(23,24)19-5-4-17-14(19)10-15(20)18(17)6-7-26-17/h2-3,8,14H,4-7,9-10H2,1H3,(H,21,22)/t14-,17+/m1/s1. The summed E-state index contributed by atoms with van der Waals surface area (Å²) in [6, 6.07) is 3.72. The number of methoxy groups -OCH3 is 1. The Morgan fingerprint density at radius 2 is 2.19 bits per heavy atom. The Labute approximate surface area is 156 Å². The van der Waals surface area contributed by atoms with Crippen LogP contribution < -0.4 is 4.74 Å². The molecular formula is C17H20N2O7S. The van der Waals surface area contributed by atoms with Gasteiger partial charge in [-0.25, -0.2) is 8.42 Å². The number of benzene rings is 1. The first-order valence-electron chi connectivity index (χ1n) is 8.64. The van der Waals surface area contributed by atoms with Gasteiger partial charge in [0.05, 0.1) is 26.2 Å². The predicted molar refractivity (Wildman–Crippen MR) is 91.6 cm³/mol. The van der Waals surface area contributed by atoms with Gasteiger partial charge in [-0.1, -0.05) is 6.07 Å². The summed E-state index contributed by atoms with van der Waals surface area (Å²) < 4.78 is 39.2. The minimum absolute atomic E-state index is 0.0797. The number of aliphatic carboxylic acids is 1. The van der Waals surface area contributed by atoms with Gasteiger partial charge in [-0.05, 0) is 17.7 Å². The van der Waals surface area contributed by atoms with Crippen molar-refractivity contribution in [2.24, 2.45) is 0 Å². The van der Waals surface area contributed by atoms with Gasteiger partial charge >= 0.3 is 5.97 Å². The molecule has 0 aliphatic carbocycles. The first-order valence-corrected chi connectivity index (χ1v) is 10.1. The Morgan fingerprint density at radius 1 is 1.41 bits per heavy atom. The predicted octanol–water partition coefficient (Wildman–Crippen LogP) is 0.0441. The fourth-order valence-corrected chi connectivity index (χ4v) is 6.24. The molecule has 1 spiro atoms. The number of carbonyl (C=O) groups is 2. The summed E-state index contributed by atoms with van der Waals surface area (Å²) in [4.78, 5) is 24.9. The molecule has 0 unspecified atom stereocenters. The third-order valence-corrected chi connectivity index (χ3v) is 7.45. The van der Waals surface area contributed by atoms with E-state index in [9.17, 15) is 18.0 Å². The Bertz CT molecular complexity index is 916. The van der Waals surface area contributed by atoms with Crippen LogP contribution in [0.2, 0.25) is 0 Å². The molecule has 3 heterocycles. The number of carboxylic acid groups (broad SMARTS) is 1. The molecule has 1 aromatic rings. The molecule has 3 aliphatic rings. The van der Waals surface area contributed by atoms with Crippen molar-refractivity contribution in [2.75, 3.05) is 26.8 Å². The van der Waals surface area contributed by atoms with Crippen LogP contribution >= 0.6 is 0 Å². The highest BCUT2D eigenvalue weighted by molar-refractivity contribution is 7.89. The van der Waals surface area contributed by atoms with E-state index >= 15 is 0 Å². The van der Waals surface area contributed by atoms with Gasteiger partial charge in [0.2, 0.25) is 15.9 Å². The summed E-state index contributed by atoms with van der Waals surface area (Å²) in [6.45, 7) is 1.09. The molecule has 3 aliphatic heterocycles. The molecule has 9 nitrogen and oxygen atoms in total. The van der Waals surface area contributed by atoms with Crippen molar-refractivity contribution in [3.05, 3.63) is 23.8 Å². The number of hydrogen-bond acceptors (Lipinski definition) is 6. The Kier molecular flexibility index (Phi) is 4.17. The average molecular weight is 396 g/mol. The van der Waals surface area contributed by atoms with Crippen molar-refractivity contribution in [1.82, 2.24) is 9.21 Å². The van der Waals surface area contributed by atoms with Crippen molar-refractivity contribution in [3.8, 4) is 5.75 Å². The SMILES string of the molecule is COc1ccc(CC(=O)O)cc1S(=O)(=O)N1CC[C@@]23OCCN2C(=O)C[C@@H]13. The van der Waals surface area contributed by atoms with Crippen LogP contribution in [0.4, 0.5) is 0 Å². The smallest absolute Gasteiger partial charge is 0.307 e. The van der Waals surface area contributed by atoms with Gasteiger partial charge in [0, 0.05) is 25.9 Å². The zero-order valence-electron chi connectivity index (χ0n) is 14.8. The van der Waals surface area contributed by atoms with Crippen molar-refractivity contribution < 1.29 is 32.6 Å². The summed E-state index contributed by atoms with van der Waals surface area (Å²) in [5, 5.41) is 9.00. The summed E-state index contributed by atoms with van der Waals surface area (Å²) in [7, 11) is -2.65. The second kappa shape index (κ2) is 6.18. The summed E-state index contributed by atoms with van der Waals surface area (Å²) >= 11 is 0. The molecule has 3 saturated heterocycles. The zero-order chi connectivity index (χ0) is 19.4. The highest BCUT2D eigenvalue weighted by Gasteiger charge is 2.64. The lowest BCUT2D eigenvalue weighted by Gasteiger charge is -2.31. The number of rotatable bonds is 5. The number of nitrogens with zero attached hydrogens (tertiary/aromatic N) is 2. The molecule has 0 radical (unpaired) electrons. The topological polar surface area (TPSA) is 113 Å². The molecule has 27 heavy (non-hydrogen) atoms. The number of hydrogen-bond donors (Lipinski definition) is 1. The number of carboxylic acids is 1. The first kappa shape index (κ1) is 18.2. The van der Waals surface area contributed by atoms with Crippen LogP contribution in [0.15, 0.2) is 23.1 Å². The maximum atomic E-state index is 13.4. The number of amides is 1. The minimum atomic E-state index is -4.00. The van der Waals surface area contributed by atoms with Gasteiger partial charge in [0.1, 0.15) is 10.6 Å². The summed E-state index contributed by atoms with van der Waals surface area (Å²) in [5.74, 6) is -1.03. The average Bonchev–Trinajstić information content (AvgIpc) is 3.25. The molecule has 0 aromatic heterocycles. The second-order valence-electron chi connectivity index (χ2n) is 6.88. The van der Waals surface area contributed by atoms with Gasteiger partial charge in [-0.2, -0.15) is 4.31 Å². The molecule has 10 heteroatoms. The van der Waals surface area contributed by atoms with E-state index in [1.54, 1.807) is 4.90 Å². The van der Waals surface area contributed by atoms with Crippen LogP contribution in [0.1, 0.15) is 18.4 Å². The molecule has 1 aromatic carbocycles. The lowest BCUT2D eigenvalue weighted by atomic mass is 10.1. The minimum Gasteiger partial charge on any atom is -0.495 e. The van der Waals surface area contributed by atoms with E-state index in [2.05, 4.69) is 0 Å². The molecule has 0 saturated carbocycles. The highest BCUT2D eigenvalue weighted by Crippen LogP contribution is 2.47. The van der Waals surface area contributed by atoms with Crippen molar-refractivity contribution in [2.45, 2.75) is 35.9 Å². The molecular weight excluding hydrogens is 376 g/mol. The van der Waals surface area contributed by atoms with E-state index in [1.807, 2.05) is 0 Å². The molecule has 1 N–H and O–H groups in total. The molecule has 4 rings (SSSR count). The number of ether oxygens (including phenoxy) is 2. The maximum Gasteiger partial charge on any atom is 0.307 e. The van der Waals surface area contributed by atoms with Gasteiger partial charge < -0.3 is 19.5 Å². The van der Waals surface area contributed by atoms with Crippen LogP contribution in [0.3, 0.4) is 0 Å². The van der Waals surface area contributed by atoms with Gasteiger partial charge in [-0.3, -0.25) is 9.59 Å². The Balaban J connectivity index is 1.74. The Hall–Kier alpha value is -2.17. The van der Waals surface area contributed by atoms with E-state index in [0.717, 1.165) is 0 Å². The third-order valence-electron chi connectivity index (χ3n) is 5.52. The van der Waals surface area contributed by atoms with E-state index in [-0.39, 0.29) is 35.9 Å². The second-order valence-corrected chi connectivity index (χ2v) is 8.74. The number of carbonyl (C=O) groups excluding carboxylic acids is 1. The van der Waals surface area contributed by atoms with E-state index < -0.39 is 27.8 Å². The molecule has 2 atom stereocenters. The normalized spacial score (nSPS) is 27.7. The van der Waals surface area contributed by atoms with Crippen molar-refractivity contribution in [1.29, 1.82) is 0 Å². The molecule has 0 bridgehead atoms. The van der Waals surface area contributed by atoms with Gasteiger partial charge in [0.15, 0.2) is 5.72 Å². The van der Waals surface area contributed by atoms with Crippen LogP contribution in [0.5, 0.6) is 5.75 Å². The van der Waals surface area contributed by atoms with Crippen LogP contribution in [-0.2, 0) is 30.8 Å². The zero-order valence-corrected chi connectivity index (χ0v) is 15.6. The quantitative estimate of drug-likeness (QED) is 0.748. The number of sulfonamides is 1. The van der Waals surface area contributed by atoms with E-state index in [1.165, 1.54) is 29.6 Å². The van der Waals surface area contributed by atoms with Crippen LogP contribution in [-0.4, -0.2) is 73.2 Å². The largest absolute Gasteiger partial charge is 0.495 e. The third kappa shape index (κ3) is 2.62. The van der Waals surface area contributed by atoms with Gasteiger partial charge in [-0.15, -0.1) is 0 Å². The maximum absolute atomic E-state index is 13.4. The summed E-state index contributed by atoms with van der Waals surface area (Å²) in [5.41, 5.74) is -0.521. The lowest BCUT2D eigenvalue weighted by molar-refractivity contribution is -0.137.